The summed E-state index contributed by atoms with van der Waals surface area (Å²) in [5, 5.41) is 34.7. The van der Waals surface area contributed by atoms with Crippen LogP contribution in [0.15, 0.2) is 59.1 Å². The third-order valence-corrected chi connectivity index (χ3v) is 7.31. The topological polar surface area (TPSA) is 110 Å². The summed E-state index contributed by atoms with van der Waals surface area (Å²) in [7, 11) is 0. The highest BCUT2D eigenvalue weighted by atomic mass is 32.2. The maximum absolute atomic E-state index is 12.8. The number of rotatable bonds is 7. The van der Waals surface area contributed by atoms with Gasteiger partial charge in [-0.25, -0.2) is 4.79 Å². The zero-order chi connectivity index (χ0) is 20.6. The number of carboxylic acid groups (broad SMARTS) is 1. The standard InChI is InChI=1S/C20H20N2O5S2/c23-11-20(27,13-5-2-1-3-6-13)21-15-17(24)22-16(19(25)26)12(10-29-18(15)22)9-14-7-4-8-28-14/h1-8,15,18,21,23,27H,9-11H2,(H,25,26)/t15-,18+,20?/m1/s1. The number of hydrogen-bond acceptors (Lipinski definition) is 7. The second-order valence-corrected chi connectivity index (χ2v) is 9.07. The van der Waals surface area contributed by atoms with Gasteiger partial charge in [0.2, 0.25) is 5.91 Å². The number of hydrogen-bond donors (Lipinski definition) is 4. The number of thioether (sulfide) groups is 1. The molecule has 0 aliphatic carbocycles. The van der Waals surface area contributed by atoms with E-state index in [1.807, 2.05) is 17.5 Å². The van der Waals surface area contributed by atoms with Crippen molar-refractivity contribution in [2.24, 2.45) is 0 Å². The number of thiophene rings is 1. The Bertz CT molecular complexity index is 947. The van der Waals surface area contributed by atoms with E-state index in [1.54, 1.807) is 41.7 Å². The fourth-order valence-corrected chi connectivity index (χ4v) is 5.73. The first-order chi connectivity index (χ1) is 13.9. The van der Waals surface area contributed by atoms with Crippen molar-refractivity contribution in [1.29, 1.82) is 0 Å². The molecule has 29 heavy (non-hydrogen) atoms. The van der Waals surface area contributed by atoms with Gasteiger partial charge in [0.25, 0.3) is 0 Å². The highest BCUT2D eigenvalue weighted by Gasteiger charge is 2.55. The van der Waals surface area contributed by atoms with Gasteiger partial charge < -0.3 is 15.3 Å². The minimum Gasteiger partial charge on any atom is -0.477 e. The van der Waals surface area contributed by atoms with E-state index in [-0.39, 0.29) is 5.70 Å². The summed E-state index contributed by atoms with van der Waals surface area (Å²) in [5.74, 6) is -1.07. The highest BCUT2D eigenvalue weighted by Crippen LogP contribution is 2.42. The van der Waals surface area contributed by atoms with Gasteiger partial charge in [0, 0.05) is 22.6 Å². The van der Waals surface area contributed by atoms with Crippen molar-refractivity contribution in [3.05, 3.63) is 69.6 Å². The summed E-state index contributed by atoms with van der Waals surface area (Å²) < 4.78 is 0. The van der Waals surface area contributed by atoms with Crippen molar-refractivity contribution >= 4 is 35.0 Å². The number of nitrogens with one attached hydrogen (secondary N) is 1. The lowest BCUT2D eigenvalue weighted by atomic mass is 9.97. The van der Waals surface area contributed by atoms with Crippen molar-refractivity contribution in [1.82, 2.24) is 10.2 Å². The molecule has 0 spiro atoms. The summed E-state index contributed by atoms with van der Waals surface area (Å²) in [4.78, 5) is 27.1. The van der Waals surface area contributed by atoms with Crippen molar-refractivity contribution in [2.45, 2.75) is 23.6 Å². The van der Waals surface area contributed by atoms with E-state index in [0.29, 0.717) is 23.3 Å². The molecule has 1 aromatic heterocycles. The molecular formula is C20H20N2O5S2. The third kappa shape index (κ3) is 3.60. The summed E-state index contributed by atoms with van der Waals surface area (Å²) in [6, 6.07) is 11.6. The fourth-order valence-electron chi connectivity index (χ4n) is 3.63. The zero-order valence-corrected chi connectivity index (χ0v) is 16.9. The van der Waals surface area contributed by atoms with Crippen molar-refractivity contribution < 1.29 is 24.9 Å². The predicted octanol–water partition coefficient (Wildman–Crippen LogP) is 1.34. The Morgan fingerprint density at radius 3 is 2.62 bits per heavy atom. The smallest absolute Gasteiger partial charge is 0.352 e. The molecule has 0 saturated carbocycles. The number of benzene rings is 1. The number of fused-ring (bicyclic) bond motifs is 1. The zero-order valence-electron chi connectivity index (χ0n) is 15.3. The van der Waals surface area contributed by atoms with Gasteiger partial charge in [-0.2, -0.15) is 0 Å². The van der Waals surface area contributed by atoms with Gasteiger partial charge in [0.05, 0.1) is 6.61 Å². The molecule has 9 heteroatoms. The molecule has 0 radical (unpaired) electrons. The Balaban J connectivity index is 1.57. The summed E-state index contributed by atoms with van der Waals surface area (Å²) in [5.41, 5.74) is -0.633. The van der Waals surface area contributed by atoms with Crippen LogP contribution in [-0.2, 0) is 21.7 Å². The monoisotopic (exact) mass is 432 g/mol. The molecule has 7 nitrogen and oxygen atoms in total. The van der Waals surface area contributed by atoms with Crippen LogP contribution in [0, 0.1) is 0 Å². The Labute approximate surface area is 175 Å². The number of aliphatic hydroxyl groups is 2. The van der Waals surface area contributed by atoms with E-state index in [2.05, 4.69) is 5.32 Å². The van der Waals surface area contributed by atoms with Crippen LogP contribution in [0.25, 0.3) is 0 Å². The largest absolute Gasteiger partial charge is 0.477 e. The number of carboxylic acids is 1. The number of amides is 1. The molecule has 1 amide bonds. The first-order valence-corrected chi connectivity index (χ1v) is 11.0. The minimum absolute atomic E-state index is 0.0254. The SMILES string of the molecule is O=C(O)C1=C(Cc2cccs2)CS[C@H]2[C@H](NC(O)(CO)c3ccccc3)C(=O)N12. The van der Waals surface area contributed by atoms with Crippen LogP contribution in [0.5, 0.6) is 0 Å². The van der Waals surface area contributed by atoms with Crippen LogP contribution in [0.2, 0.25) is 0 Å². The van der Waals surface area contributed by atoms with Crippen LogP contribution in [0.1, 0.15) is 10.4 Å². The second kappa shape index (κ2) is 7.92. The van der Waals surface area contributed by atoms with Crippen LogP contribution in [0.3, 0.4) is 0 Å². The molecular weight excluding hydrogens is 412 g/mol. The van der Waals surface area contributed by atoms with Crippen LogP contribution in [-0.4, -0.2) is 55.9 Å². The van der Waals surface area contributed by atoms with E-state index < -0.39 is 35.6 Å². The lowest BCUT2D eigenvalue weighted by Gasteiger charge is -2.51. The van der Waals surface area contributed by atoms with E-state index in [0.717, 1.165) is 4.88 Å². The van der Waals surface area contributed by atoms with Gasteiger partial charge in [-0.15, -0.1) is 23.1 Å². The Morgan fingerprint density at radius 1 is 1.24 bits per heavy atom. The van der Waals surface area contributed by atoms with Gasteiger partial charge in [-0.05, 0) is 17.0 Å². The lowest BCUT2D eigenvalue weighted by Crippen LogP contribution is -2.73. The van der Waals surface area contributed by atoms with Gasteiger partial charge in [-0.3, -0.25) is 15.0 Å². The molecule has 2 aromatic rings. The maximum atomic E-state index is 12.8. The number of carbonyl (C=O) groups excluding carboxylic acids is 1. The summed E-state index contributed by atoms with van der Waals surface area (Å²) >= 11 is 3.00. The van der Waals surface area contributed by atoms with Gasteiger partial charge in [0.15, 0.2) is 5.72 Å². The highest BCUT2D eigenvalue weighted by molar-refractivity contribution is 8.00. The van der Waals surface area contributed by atoms with Crippen LogP contribution in [0.4, 0.5) is 0 Å². The lowest BCUT2D eigenvalue weighted by molar-refractivity contribution is -0.154. The molecule has 1 unspecified atom stereocenters. The maximum Gasteiger partial charge on any atom is 0.352 e. The van der Waals surface area contributed by atoms with Gasteiger partial charge >= 0.3 is 5.97 Å². The number of aliphatic carboxylic acids is 1. The molecule has 3 atom stereocenters. The number of aliphatic hydroxyl groups excluding tert-OH is 1. The van der Waals surface area contributed by atoms with Crippen LogP contribution >= 0.6 is 23.1 Å². The van der Waals surface area contributed by atoms with Crippen molar-refractivity contribution in [3.63, 3.8) is 0 Å². The Hall–Kier alpha value is -2.17. The van der Waals surface area contributed by atoms with E-state index >= 15 is 0 Å². The van der Waals surface area contributed by atoms with Crippen molar-refractivity contribution in [2.75, 3.05) is 12.4 Å². The number of β-lactam (4-membered cyclic amide) rings is 1. The molecule has 1 fully saturated rings. The van der Waals surface area contributed by atoms with Crippen molar-refractivity contribution in [3.8, 4) is 0 Å². The Kier molecular flexibility index (Phi) is 5.50. The molecule has 2 aliphatic rings. The predicted molar refractivity (Wildman–Crippen MR) is 110 cm³/mol. The van der Waals surface area contributed by atoms with E-state index in [4.69, 9.17) is 0 Å². The van der Waals surface area contributed by atoms with E-state index in [9.17, 15) is 24.9 Å². The normalized spacial score (nSPS) is 23.4. The first kappa shape index (κ1) is 20.1. The molecule has 4 rings (SSSR count). The molecule has 4 N–H and O–H groups in total. The third-order valence-electron chi connectivity index (χ3n) is 5.09. The van der Waals surface area contributed by atoms with Gasteiger partial charge in [-0.1, -0.05) is 36.4 Å². The molecule has 0 bridgehead atoms. The fraction of sp³-hybridized carbons (Fsp3) is 0.300. The Morgan fingerprint density at radius 2 is 2.00 bits per heavy atom. The molecule has 1 saturated heterocycles. The second-order valence-electron chi connectivity index (χ2n) is 6.93. The average Bonchev–Trinajstić information content (AvgIpc) is 3.25. The molecule has 1 aromatic carbocycles. The quantitative estimate of drug-likeness (QED) is 0.386. The molecule has 2 aliphatic heterocycles. The summed E-state index contributed by atoms with van der Waals surface area (Å²) in [6.07, 6.45) is 0.492. The average molecular weight is 433 g/mol. The molecule has 152 valence electrons. The van der Waals surface area contributed by atoms with Gasteiger partial charge in [0.1, 0.15) is 17.1 Å². The number of carbonyl (C=O) groups is 2. The summed E-state index contributed by atoms with van der Waals surface area (Å²) in [6.45, 7) is -0.622. The van der Waals surface area contributed by atoms with Crippen LogP contribution < -0.4 is 5.32 Å². The first-order valence-electron chi connectivity index (χ1n) is 9.03. The minimum atomic E-state index is -1.79. The van der Waals surface area contributed by atoms with E-state index in [1.165, 1.54) is 16.7 Å². The molecule has 3 heterocycles. The number of nitrogens with zero attached hydrogens (tertiary/aromatic N) is 1.